The van der Waals surface area contributed by atoms with Crippen LogP contribution in [0.15, 0.2) is 69.5 Å². The number of hydrogen-bond acceptors (Lipinski definition) is 2. The van der Waals surface area contributed by atoms with Gasteiger partial charge in [-0.2, -0.15) is 0 Å². The van der Waals surface area contributed by atoms with Crippen molar-refractivity contribution in [3.8, 4) is 0 Å². The highest BCUT2D eigenvalue weighted by atomic mass is 15.1. The fraction of sp³-hybridized carbons (Fsp3) is 0. The summed E-state index contributed by atoms with van der Waals surface area (Å²) in [7, 11) is 0. The van der Waals surface area contributed by atoms with Gasteiger partial charge in [-0.05, 0) is 24.3 Å². The van der Waals surface area contributed by atoms with E-state index in [1.165, 1.54) is 0 Å². The van der Waals surface area contributed by atoms with Crippen molar-refractivity contribution >= 4 is 0 Å². The van der Waals surface area contributed by atoms with Gasteiger partial charge in [-0.1, -0.05) is 23.6 Å². The lowest BCUT2D eigenvalue weighted by atomic mass is 10.5. The van der Waals surface area contributed by atoms with Crippen LogP contribution in [0.2, 0.25) is 0 Å². The summed E-state index contributed by atoms with van der Waals surface area (Å²) >= 11 is 0. The Hall–Kier alpha value is -1.88. The highest BCUT2D eigenvalue weighted by molar-refractivity contribution is 5.30. The van der Waals surface area contributed by atoms with Crippen LogP contribution in [0.1, 0.15) is 0 Å². The molecule has 0 fully saturated rings. The van der Waals surface area contributed by atoms with E-state index in [4.69, 9.17) is 0 Å². The van der Waals surface area contributed by atoms with Crippen LogP contribution in [0.3, 0.4) is 0 Å². The van der Waals surface area contributed by atoms with Crippen molar-refractivity contribution in [3.63, 3.8) is 0 Å². The van der Waals surface area contributed by atoms with E-state index in [9.17, 15) is 0 Å². The fourth-order valence-electron chi connectivity index (χ4n) is 0.874. The molecule has 2 heteroatoms. The summed E-state index contributed by atoms with van der Waals surface area (Å²) in [4.78, 5) is 0. The molecule has 0 atom stereocenters. The number of nitrogens with zero attached hydrogens (tertiary/aromatic N) is 2. The van der Waals surface area contributed by atoms with Crippen molar-refractivity contribution in [2.24, 2.45) is 10.2 Å². The van der Waals surface area contributed by atoms with Crippen LogP contribution in [-0.2, 0) is 0 Å². The van der Waals surface area contributed by atoms with Gasteiger partial charge in [0.25, 0.3) is 0 Å². The van der Waals surface area contributed by atoms with Gasteiger partial charge >= 0.3 is 0 Å². The molecule has 2 rings (SSSR count). The Morgan fingerprint density at radius 3 is 1.67 bits per heavy atom. The summed E-state index contributed by atoms with van der Waals surface area (Å²) in [6.07, 6.45) is 11.1. The van der Waals surface area contributed by atoms with Crippen LogP contribution >= 0.6 is 0 Å². The Kier molecular flexibility index (Phi) is 1.71. The first kappa shape index (κ1) is 6.81. The van der Waals surface area contributed by atoms with Crippen LogP contribution in [-0.4, -0.2) is 0 Å². The first-order valence-electron chi connectivity index (χ1n) is 3.64. The van der Waals surface area contributed by atoms with E-state index in [-0.39, 0.29) is 0 Å². The molecule has 0 saturated carbocycles. The highest BCUT2D eigenvalue weighted by Gasteiger charge is 1.92. The van der Waals surface area contributed by atoms with Gasteiger partial charge in [-0.3, -0.25) is 0 Å². The molecule has 56 valence electrons. The Morgan fingerprint density at radius 1 is 0.833 bits per heavy atom. The van der Waals surface area contributed by atoms with E-state index in [1.54, 1.807) is 0 Å². The van der Waals surface area contributed by atoms with Gasteiger partial charge in [0.2, 0.25) is 0 Å². The molecule has 12 heavy (non-hydrogen) atoms. The highest BCUT2D eigenvalue weighted by Crippen LogP contribution is 2.09. The van der Waals surface area contributed by atoms with Crippen LogP contribution in [0.4, 0.5) is 0 Å². The second-order valence-corrected chi connectivity index (χ2v) is 2.31. The van der Waals surface area contributed by atoms with Crippen molar-refractivity contribution in [1.29, 1.82) is 0 Å². The zero-order valence-electron chi connectivity index (χ0n) is 6.36. The fourth-order valence-corrected chi connectivity index (χ4v) is 0.874. The molecule has 0 spiro atoms. The van der Waals surface area contributed by atoms with Gasteiger partial charge in [-0.25, -0.2) is 0 Å². The first-order chi connectivity index (χ1) is 5.95. The molecular formula is C10H6N2. The molecule has 2 aliphatic carbocycles. The van der Waals surface area contributed by atoms with Crippen molar-refractivity contribution < 1.29 is 0 Å². The number of azo groups is 1. The summed E-state index contributed by atoms with van der Waals surface area (Å²) < 4.78 is 0. The van der Waals surface area contributed by atoms with Crippen molar-refractivity contribution in [2.75, 3.05) is 0 Å². The Morgan fingerprint density at radius 2 is 1.33 bits per heavy atom. The van der Waals surface area contributed by atoms with E-state index < -0.39 is 0 Å². The minimum Gasteiger partial charge on any atom is -0.141 e. The van der Waals surface area contributed by atoms with Crippen LogP contribution in [0, 0.1) is 0 Å². The van der Waals surface area contributed by atoms with Crippen molar-refractivity contribution in [3.05, 3.63) is 59.3 Å². The summed E-state index contributed by atoms with van der Waals surface area (Å²) in [6, 6.07) is 0. The lowest BCUT2D eigenvalue weighted by molar-refractivity contribution is 1.14. The second-order valence-electron chi connectivity index (χ2n) is 2.31. The monoisotopic (exact) mass is 154 g/mol. The molecule has 0 aliphatic heterocycles. The minimum absolute atomic E-state index is 0.754. The summed E-state index contributed by atoms with van der Waals surface area (Å²) in [6.45, 7) is 0. The summed E-state index contributed by atoms with van der Waals surface area (Å²) in [5.74, 6) is 0. The maximum absolute atomic E-state index is 3.95. The third kappa shape index (κ3) is 1.40. The van der Waals surface area contributed by atoms with Gasteiger partial charge in [0, 0.05) is 0 Å². The smallest absolute Gasteiger partial charge is 0.128 e. The zero-order valence-corrected chi connectivity index (χ0v) is 6.36. The van der Waals surface area contributed by atoms with E-state index in [2.05, 4.69) is 21.7 Å². The average Bonchev–Trinajstić information content (AvgIpc) is 2.74. The van der Waals surface area contributed by atoms with Crippen LogP contribution in [0.5, 0.6) is 0 Å². The molecule has 0 heterocycles. The minimum atomic E-state index is 0.754. The van der Waals surface area contributed by atoms with E-state index >= 15 is 0 Å². The van der Waals surface area contributed by atoms with Gasteiger partial charge in [0.1, 0.15) is 11.4 Å². The Labute approximate surface area is 70.3 Å². The number of hydrogen-bond donors (Lipinski definition) is 0. The maximum Gasteiger partial charge on any atom is 0.128 e. The molecule has 0 aromatic rings. The van der Waals surface area contributed by atoms with Crippen LogP contribution < -0.4 is 0 Å². The van der Waals surface area contributed by atoms with Crippen LogP contribution in [0.25, 0.3) is 0 Å². The lowest BCUT2D eigenvalue weighted by Crippen LogP contribution is -1.65. The topological polar surface area (TPSA) is 24.7 Å². The molecule has 0 amide bonds. The largest absolute Gasteiger partial charge is 0.141 e. The van der Waals surface area contributed by atoms with E-state index in [0.29, 0.717) is 0 Å². The summed E-state index contributed by atoms with van der Waals surface area (Å²) in [5, 5.41) is 7.89. The molecule has 2 nitrogen and oxygen atoms in total. The normalized spacial score (nSPS) is 18.0. The zero-order chi connectivity index (χ0) is 8.23. The van der Waals surface area contributed by atoms with Gasteiger partial charge < -0.3 is 0 Å². The number of rotatable bonds is 2. The first-order valence-corrected chi connectivity index (χ1v) is 3.64. The molecule has 0 N–H and O–H groups in total. The quantitative estimate of drug-likeness (QED) is 0.431. The van der Waals surface area contributed by atoms with Gasteiger partial charge in [0.15, 0.2) is 0 Å². The molecule has 0 aromatic heterocycles. The third-order valence-corrected chi connectivity index (χ3v) is 1.43. The SMILES string of the molecule is C1=CC=CC=1N=NC1=C=CC=C1. The van der Waals surface area contributed by atoms with Gasteiger partial charge in [-0.15, -0.1) is 10.2 Å². The predicted octanol–water partition coefficient (Wildman–Crippen LogP) is 2.66. The molecule has 0 aromatic carbocycles. The van der Waals surface area contributed by atoms with E-state index in [1.807, 2.05) is 36.5 Å². The predicted molar refractivity (Wildman–Crippen MR) is 46.3 cm³/mol. The molecular weight excluding hydrogens is 148 g/mol. The summed E-state index contributed by atoms with van der Waals surface area (Å²) in [5.41, 5.74) is 7.36. The Bertz CT molecular complexity index is 367. The molecule has 0 radical (unpaired) electrons. The maximum atomic E-state index is 3.95. The molecule has 2 aliphatic rings. The van der Waals surface area contributed by atoms with E-state index in [0.717, 1.165) is 11.4 Å². The third-order valence-electron chi connectivity index (χ3n) is 1.43. The lowest BCUT2D eigenvalue weighted by Gasteiger charge is -1.83. The van der Waals surface area contributed by atoms with Crippen molar-refractivity contribution in [2.45, 2.75) is 0 Å². The number of allylic oxidation sites excluding steroid dienone is 4. The molecule has 0 bridgehead atoms. The second kappa shape index (κ2) is 3.02. The molecule has 0 saturated heterocycles. The standard InChI is InChI=1S/C10H6N2/c1-2-6-9(5-1)11-12-10-7-3-4-8-10/h1-5,7H. The average molecular weight is 154 g/mol. The Balaban J connectivity index is 2.13. The van der Waals surface area contributed by atoms with Gasteiger partial charge in [0.05, 0.1) is 0 Å². The molecule has 0 unspecified atom stereocenters. The van der Waals surface area contributed by atoms with Crippen molar-refractivity contribution in [1.82, 2.24) is 0 Å².